The molecule has 0 aliphatic rings. The van der Waals surface area contributed by atoms with Gasteiger partial charge in [0.25, 0.3) is 0 Å². The molecule has 7 N–H and O–H groups in total. The minimum atomic E-state index is -0.702. The summed E-state index contributed by atoms with van der Waals surface area (Å²) in [5.74, 6) is -1.82. The van der Waals surface area contributed by atoms with Gasteiger partial charge < -0.3 is 26.0 Å². The number of benzene rings is 1. The van der Waals surface area contributed by atoms with Crippen molar-refractivity contribution in [2.24, 2.45) is 0 Å². The normalized spacial score (nSPS) is 9.95. The summed E-state index contributed by atoms with van der Waals surface area (Å²) in [4.78, 5) is 11.7. The van der Waals surface area contributed by atoms with Gasteiger partial charge in [0, 0.05) is 17.7 Å². The van der Waals surface area contributed by atoms with Crippen molar-refractivity contribution in [1.82, 2.24) is 10.6 Å². The second kappa shape index (κ2) is 6.00. The maximum atomic E-state index is 11.7. The van der Waals surface area contributed by atoms with E-state index in [1.54, 1.807) is 6.92 Å². The molecule has 0 unspecified atom stereocenters. The molecule has 8 heteroatoms. The van der Waals surface area contributed by atoms with Crippen LogP contribution in [-0.2, 0) is 0 Å². The minimum Gasteiger partial charge on any atom is -0.504 e. The van der Waals surface area contributed by atoms with Gasteiger partial charge in [0.2, 0.25) is 5.75 Å². The molecule has 0 spiro atoms. The zero-order valence-electron chi connectivity index (χ0n) is 11.5. The third-order valence-corrected chi connectivity index (χ3v) is 2.74. The Bertz CT molecular complexity index is 528. The fourth-order valence-corrected chi connectivity index (χ4v) is 1.65. The first-order valence-electron chi connectivity index (χ1n) is 5.94. The molecule has 1 aromatic rings. The van der Waals surface area contributed by atoms with Gasteiger partial charge in [0.15, 0.2) is 17.5 Å². The minimum absolute atomic E-state index is 0.166. The highest BCUT2D eigenvalue weighted by Gasteiger charge is 2.19. The van der Waals surface area contributed by atoms with E-state index in [1.807, 2.05) is 0 Å². The molecule has 0 heterocycles. The number of anilines is 1. The van der Waals surface area contributed by atoms with Gasteiger partial charge >= 0.3 is 6.03 Å². The van der Waals surface area contributed by atoms with Crippen LogP contribution in [0.15, 0.2) is 0 Å². The summed E-state index contributed by atoms with van der Waals surface area (Å²) in [6, 6.07) is -0.702. The van der Waals surface area contributed by atoms with E-state index in [0.717, 1.165) is 0 Å². The topological polar surface area (TPSA) is 138 Å². The third kappa shape index (κ3) is 3.02. The summed E-state index contributed by atoms with van der Waals surface area (Å²) in [7, 11) is 0. The van der Waals surface area contributed by atoms with Crippen molar-refractivity contribution < 1.29 is 20.1 Å². The predicted octanol–water partition coefficient (Wildman–Crippen LogP) is 1.09. The molecule has 110 valence electrons. The first-order valence-corrected chi connectivity index (χ1v) is 5.94. The number of carbonyl (C=O) groups is 1. The maximum Gasteiger partial charge on any atom is 0.326 e. The Morgan fingerprint density at radius 3 is 2.05 bits per heavy atom. The summed E-state index contributed by atoms with van der Waals surface area (Å²) in [6.45, 7) is 5.22. The van der Waals surface area contributed by atoms with Crippen LogP contribution in [0, 0.1) is 19.3 Å². The average molecular weight is 282 g/mol. The van der Waals surface area contributed by atoms with Gasteiger partial charge in [-0.1, -0.05) is 0 Å². The molecule has 0 aromatic heterocycles. The van der Waals surface area contributed by atoms with E-state index in [9.17, 15) is 20.1 Å². The summed E-state index contributed by atoms with van der Waals surface area (Å²) in [6.07, 6.45) is 0. The molecule has 8 nitrogen and oxygen atoms in total. The molecule has 0 aliphatic heterocycles. The Morgan fingerprint density at radius 2 is 1.60 bits per heavy atom. The van der Waals surface area contributed by atoms with Crippen molar-refractivity contribution in [1.29, 1.82) is 5.41 Å². The van der Waals surface area contributed by atoms with E-state index in [4.69, 9.17) is 5.41 Å². The Balaban J connectivity index is 2.99. The molecule has 1 rings (SSSR count). The second-order valence-corrected chi connectivity index (χ2v) is 4.16. The number of amides is 2. The average Bonchev–Trinajstić information content (AvgIpc) is 2.39. The first kappa shape index (κ1) is 15.4. The fraction of sp³-hybridized carbons (Fsp3) is 0.333. The van der Waals surface area contributed by atoms with Gasteiger partial charge in [0.05, 0.1) is 5.69 Å². The van der Waals surface area contributed by atoms with Crippen molar-refractivity contribution in [2.45, 2.75) is 20.8 Å². The molecule has 0 bridgehead atoms. The standard InChI is InChI=1S/C12H18N4O4/c1-4-14-11(13)16-12(20)15-7-5(2)8(17)10(19)9(18)6(7)3/h17-19H,4H2,1-3H3,(H4,13,14,15,16,20). The highest BCUT2D eigenvalue weighted by Crippen LogP contribution is 2.44. The van der Waals surface area contributed by atoms with Crippen LogP contribution < -0.4 is 16.0 Å². The summed E-state index contributed by atoms with van der Waals surface area (Å²) in [5.41, 5.74) is 0.588. The smallest absolute Gasteiger partial charge is 0.326 e. The maximum absolute atomic E-state index is 11.7. The Labute approximate surface area is 116 Å². The number of guanidine groups is 1. The molecule has 0 aliphatic carbocycles. The van der Waals surface area contributed by atoms with E-state index >= 15 is 0 Å². The Hall–Kier alpha value is -2.64. The van der Waals surface area contributed by atoms with Crippen LogP contribution in [0.1, 0.15) is 18.1 Å². The number of nitrogens with one attached hydrogen (secondary N) is 4. The number of hydrogen-bond acceptors (Lipinski definition) is 5. The Kier molecular flexibility index (Phi) is 4.63. The van der Waals surface area contributed by atoms with Crippen LogP contribution in [0.4, 0.5) is 10.5 Å². The lowest BCUT2D eigenvalue weighted by atomic mass is 10.1. The van der Waals surface area contributed by atoms with E-state index in [2.05, 4.69) is 16.0 Å². The van der Waals surface area contributed by atoms with Gasteiger partial charge in [0.1, 0.15) is 0 Å². The van der Waals surface area contributed by atoms with E-state index in [1.165, 1.54) is 13.8 Å². The zero-order valence-corrected chi connectivity index (χ0v) is 11.5. The molecule has 0 saturated carbocycles. The van der Waals surface area contributed by atoms with Crippen molar-refractivity contribution in [3.8, 4) is 17.2 Å². The summed E-state index contributed by atoms with van der Waals surface area (Å²) < 4.78 is 0. The third-order valence-electron chi connectivity index (χ3n) is 2.74. The monoisotopic (exact) mass is 282 g/mol. The SMILES string of the molecule is CCNC(=N)NC(=O)Nc1c(C)c(O)c(O)c(O)c1C. The quantitative estimate of drug-likeness (QED) is 0.188. The Morgan fingerprint density at radius 1 is 1.10 bits per heavy atom. The van der Waals surface area contributed by atoms with E-state index < -0.39 is 23.3 Å². The lowest BCUT2D eigenvalue weighted by molar-refractivity contribution is 0.255. The van der Waals surface area contributed by atoms with Gasteiger partial charge in [-0.25, -0.2) is 4.79 Å². The second-order valence-electron chi connectivity index (χ2n) is 4.16. The molecule has 0 fully saturated rings. The number of aromatic hydroxyl groups is 3. The highest BCUT2D eigenvalue weighted by atomic mass is 16.3. The molecule has 2 amide bonds. The van der Waals surface area contributed by atoms with Crippen molar-refractivity contribution in [2.75, 3.05) is 11.9 Å². The van der Waals surface area contributed by atoms with Crippen molar-refractivity contribution in [3.05, 3.63) is 11.1 Å². The molecule has 0 radical (unpaired) electrons. The highest BCUT2D eigenvalue weighted by molar-refractivity contribution is 6.02. The first-order chi connectivity index (χ1) is 9.29. The van der Waals surface area contributed by atoms with Gasteiger partial charge in [-0.2, -0.15) is 0 Å². The largest absolute Gasteiger partial charge is 0.504 e. The molecule has 0 atom stereocenters. The zero-order chi connectivity index (χ0) is 15.4. The number of carbonyl (C=O) groups excluding carboxylic acids is 1. The number of urea groups is 1. The van der Waals surface area contributed by atoms with Gasteiger partial charge in [-0.15, -0.1) is 0 Å². The molecule has 1 aromatic carbocycles. The van der Waals surface area contributed by atoms with E-state index in [0.29, 0.717) is 6.54 Å². The van der Waals surface area contributed by atoms with Crippen molar-refractivity contribution >= 4 is 17.7 Å². The number of rotatable bonds is 2. The molecular weight excluding hydrogens is 264 g/mol. The van der Waals surface area contributed by atoms with Gasteiger partial charge in [-0.05, 0) is 20.8 Å². The molecule has 20 heavy (non-hydrogen) atoms. The van der Waals surface area contributed by atoms with Crippen LogP contribution >= 0.6 is 0 Å². The molecule has 0 saturated heterocycles. The van der Waals surface area contributed by atoms with Crippen LogP contribution in [0.25, 0.3) is 0 Å². The number of phenols is 3. The fourth-order valence-electron chi connectivity index (χ4n) is 1.65. The lowest BCUT2D eigenvalue weighted by Gasteiger charge is -2.16. The van der Waals surface area contributed by atoms with Crippen LogP contribution in [0.5, 0.6) is 17.2 Å². The van der Waals surface area contributed by atoms with Crippen LogP contribution in [0.2, 0.25) is 0 Å². The lowest BCUT2D eigenvalue weighted by Crippen LogP contribution is -2.42. The van der Waals surface area contributed by atoms with Gasteiger partial charge in [-0.3, -0.25) is 10.7 Å². The summed E-state index contributed by atoms with van der Waals surface area (Å²) >= 11 is 0. The van der Waals surface area contributed by atoms with Crippen LogP contribution in [-0.4, -0.2) is 33.9 Å². The summed E-state index contributed by atoms with van der Waals surface area (Å²) in [5, 5.41) is 43.4. The van der Waals surface area contributed by atoms with Crippen LogP contribution in [0.3, 0.4) is 0 Å². The van der Waals surface area contributed by atoms with Crippen molar-refractivity contribution in [3.63, 3.8) is 0 Å². The predicted molar refractivity (Wildman–Crippen MR) is 74.5 cm³/mol. The number of phenolic OH excluding ortho intramolecular Hbond substituents is 3. The number of hydrogen-bond donors (Lipinski definition) is 7. The molecular formula is C12H18N4O4. The van der Waals surface area contributed by atoms with E-state index in [-0.39, 0.29) is 22.8 Å².